The number of thiazole rings is 1. The summed E-state index contributed by atoms with van der Waals surface area (Å²) in [6.45, 7) is 1.92. The van der Waals surface area contributed by atoms with Gasteiger partial charge in [0.1, 0.15) is 10.6 Å². The number of anilines is 1. The molecule has 1 aliphatic rings. The third-order valence-electron chi connectivity index (χ3n) is 3.54. The summed E-state index contributed by atoms with van der Waals surface area (Å²) in [5.41, 5.74) is 1.26. The van der Waals surface area contributed by atoms with Crippen molar-refractivity contribution >= 4 is 33.8 Å². The average Bonchev–Trinajstić information content (AvgIpc) is 2.99. The van der Waals surface area contributed by atoms with Crippen molar-refractivity contribution in [1.82, 2.24) is 9.38 Å². The summed E-state index contributed by atoms with van der Waals surface area (Å²) >= 11 is 1.05. The molecule has 3 heterocycles. The Morgan fingerprint density at radius 3 is 2.45 bits per heavy atom. The van der Waals surface area contributed by atoms with Crippen molar-refractivity contribution in [3.05, 3.63) is 63.0 Å². The molecule has 4 rings (SSSR count). The highest BCUT2D eigenvalue weighted by molar-refractivity contribution is 7.19. The Balaban J connectivity index is 1.94. The number of hydrogen-bond donors (Lipinski definition) is 0. The van der Waals surface area contributed by atoms with Crippen LogP contribution in [-0.4, -0.2) is 21.2 Å². The van der Waals surface area contributed by atoms with Gasteiger partial charge in [-0.1, -0.05) is 29.0 Å². The number of amides is 2. The maximum Gasteiger partial charge on any atom is 0.284 e. The summed E-state index contributed by atoms with van der Waals surface area (Å²) in [7, 11) is 0. The van der Waals surface area contributed by atoms with Crippen LogP contribution in [0.5, 0.6) is 0 Å². The van der Waals surface area contributed by atoms with Crippen LogP contribution < -0.4 is 10.5 Å². The van der Waals surface area contributed by atoms with Gasteiger partial charge in [-0.3, -0.25) is 14.4 Å². The number of carbonyl (C=O) groups is 2. The second-order valence-electron chi connectivity index (χ2n) is 4.96. The lowest BCUT2D eigenvalue weighted by Crippen LogP contribution is -2.31. The molecule has 0 saturated heterocycles. The highest BCUT2D eigenvalue weighted by Gasteiger charge is 2.41. The van der Waals surface area contributed by atoms with Crippen molar-refractivity contribution < 1.29 is 9.59 Å². The van der Waals surface area contributed by atoms with Gasteiger partial charge >= 0.3 is 0 Å². The topological polar surface area (TPSA) is 71.8 Å². The minimum absolute atomic E-state index is 0.101. The molecule has 6 nitrogen and oxygen atoms in total. The lowest BCUT2D eigenvalue weighted by Gasteiger charge is -2.14. The van der Waals surface area contributed by atoms with Crippen molar-refractivity contribution in [2.75, 3.05) is 4.90 Å². The number of nitrogens with zero attached hydrogens (tertiary/aromatic N) is 3. The van der Waals surface area contributed by atoms with E-state index in [0.29, 0.717) is 10.6 Å². The molecule has 22 heavy (non-hydrogen) atoms. The number of aryl methyl sites for hydroxylation is 1. The fourth-order valence-corrected chi connectivity index (χ4v) is 3.50. The van der Waals surface area contributed by atoms with Crippen LogP contribution >= 0.6 is 11.3 Å². The van der Waals surface area contributed by atoms with Gasteiger partial charge in [0, 0.05) is 12.3 Å². The first-order chi connectivity index (χ1) is 10.6. The molecular weight excluding hydrogens is 302 g/mol. The molecule has 0 radical (unpaired) electrons. The summed E-state index contributed by atoms with van der Waals surface area (Å²) in [5.74, 6) is -0.913. The van der Waals surface area contributed by atoms with Crippen molar-refractivity contribution in [2.24, 2.45) is 0 Å². The van der Waals surface area contributed by atoms with Crippen LogP contribution in [0.3, 0.4) is 0 Å². The van der Waals surface area contributed by atoms with Gasteiger partial charge in [-0.25, -0.2) is 14.3 Å². The number of imide groups is 1. The van der Waals surface area contributed by atoms with Crippen LogP contribution in [0.2, 0.25) is 0 Å². The molecule has 0 fully saturated rings. The Bertz CT molecular complexity index is 1000. The Morgan fingerprint density at radius 1 is 1.00 bits per heavy atom. The van der Waals surface area contributed by atoms with E-state index in [0.717, 1.165) is 21.8 Å². The summed E-state index contributed by atoms with van der Waals surface area (Å²) < 4.78 is 1.20. The molecule has 2 amide bonds. The predicted octanol–water partition coefficient (Wildman–Crippen LogP) is 1.87. The molecule has 0 N–H and O–H groups in total. The highest BCUT2D eigenvalue weighted by Crippen LogP contribution is 2.32. The lowest BCUT2D eigenvalue weighted by molar-refractivity contribution is 0.0925. The molecule has 0 bridgehead atoms. The molecule has 3 aromatic rings. The first kappa shape index (κ1) is 12.9. The first-order valence-corrected chi connectivity index (χ1v) is 7.35. The quantitative estimate of drug-likeness (QED) is 0.643. The Labute approximate surface area is 128 Å². The third kappa shape index (κ3) is 1.59. The van der Waals surface area contributed by atoms with Crippen molar-refractivity contribution in [3.63, 3.8) is 0 Å². The van der Waals surface area contributed by atoms with Crippen molar-refractivity contribution in [3.8, 4) is 0 Å². The number of fused-ring (bicyclic) bond motifs is 3. The minimum Gasteiger partial charge on any atom is -0.269 e. The third-order valence-corrected chi connectivity index (χ3v) is 4.58. The van der Waals surface area contributed by atoms with Crippen molar-refractivity contribution in [1.29, 1.82) is 0 Å². The fourth-order valence-electron chi connectivity index (χ4n) is 2.48. The molecule has 0 atom stereocenters. The van der Waals surface area contributed by atoms with E-state index < -0.39 is 11.8 Å². The van der Waals surface area contributed by atoms with E-state index in [-0.39, 0.29) is 16.1 Å². The molecule has 0 aliphatic carbocycles. The van der Waals surface area contributed by atoms with E-state index in [1.807, 2.05) is 19.1 Å². The van der Waals surface area contributed by atoms with Gasteiger partial charge in [-0.15, -0.1) is 0 Å². The Kier molecular flexibility index (Phi) is 2.55. The van der Waals surface area contributed by atoms with Crippen molar-refractivity contribution in [2.45, 2.75) is 6.92 Å². The average molecular weight is 311 g/mol. The largest absolute Gasteiger partial charge is 0.284 e. The van der Waals surface area contributed by atoms with Crippen LogP contribution in [0.4, 0.5) is 5.69 Å². The second kappa shape index (κ2) is 4.35. The van der Waals surface area contributed by atoms with E-state index in [1.54, 1.807) is 12.1 Å². The molecule has 2 aromatic heterocycles. The molecule has 7 heteroatoms. The number of rotatable bonds is 1. The molecule has 108 valence electrons. The lowest BCUT2D eigenvalue weighted by atomic mass is 10.2. The zero-order valence-electron chi connectivity index (χ0n) is 11.4. The Morgan fingerprint density at radius 2 is 1.73 bits per heavy atom. The number of carbonyl (C=O) groups excluding carboxylic acids is 2. The standard InChI is InChI=1S/C15H9N3O3S/c1-8-2-4-9(5-3-8)17-13(20)11-12(14(17)21)22-15-16-7-6-10(19)18(11)15/h2-7H,1H3. The van der Waals surface area contributed by atoms with E-state index in [1.165, 1.54) is 16.7 Å². The van der Waals surface area contributed by atoms with E-state index in [4.69, 9.17) is 0 Å². The Hall–Kier alpha value is -2.80. The van der Waals surface area contributed by atoms with Crippen LogP contribution in [0.1, 0.15) is 25.7 Å². The smallest absolute Gasteiger partial charge is 0.269 e. The number of aromatic nitrogens is 2. The normalized spacial score (nSPS) is 14.0. The zero-order valence-corrected chi connectivity index (χ0v) is 12.3. The van der Waals surface area contributed by atoms with Crippen LogP contribution in [-0.2, 0) is 0 Å². The molecule has 0 unspecified atom stereocenters. The van der Waals surface area contributed by atoms with Gasteiger partial charge < -0.3 is 0 Å². The number of benzene rings is 1. The summed E-state index contributed by atoms with van der Waals surface area (Å²) in [6.07, 6.45) is 1.37. The van der Waals surface area contributed by atoms with Crippen LogP contribution in [0.25, 0.3) is 4.96 Å². The molecule has 1 aromatic carbocycles. The molecule has 1 aliphatic heterocycles. The molecule has 0 spiro atoms. The molecular formula is C15H9N3O3S. The van der Waals surface area contributed by atoms with E-state index in [2.05, 4.69) is 4.98 Å². The summed E-state index contributed by atoms with van der Waals surface area (Å²) in [5, 5.41) is 0. The predicted molar refractivity (Wildman–Crippen MR) is 81.7 cm³/mol. The first-order valence-electron chi connectivity index (χ1n) is 6.54. The van der Waals surface area contributed by atoms with E-state index in [9.17, 15) is 14.4 Å². The summed E-state index contributed by atoms with van der Waals surface area (Å²) in [6, 6.07) is 8.35. The number of hydrogen-bond acceptors (Lipinski definition) is 5. The maximum absolute atomic E-state index is 12.6. The van der Waals surface area contributed by atoms with Gasteiger partial charge in [0.25, 0.3) is 17.4 Å². The van der Waals surface area contributed by atoms with Gasteiger partial charge in [0.2, 0.25) is 0 Å². The summed E-state index contributed by atoms with van der Waals surface area (Å²) in [4.78, 5) is 42.9. The van der Waals surface area contributed by atoms with Gasteiger partial charge in [-0.2, -0.15) is 0 Å². The monoisotopic (exact) mass is 311 g/mol. The maximum atomic E-state index is 12.6. The molecule has 0 saturated carbocycles. The second-order valence-corrected chi connectivity index (χ2v) is 5.94. The highest BCUT2D eigenvalue weighted by atomic mass is 32.1. The van der Waals surface area contributed by atoms with Gasteiger partial charge in [0.15, 0.2) is 4.96 Å². The fraction of sp³-hybridized carbons (Fsp3) is 0.0667. The minimum atomic E-state index is -0.495. The SMILES string of the molecule is Cc1ccc(N2C(=O)c3sc4nccc(=O)n4c3C2=O)cc1. The van der Waals surface area contributed by atoms with E-state index >= 15 is 0 Å². The van der Waals surface area contributed by atoms with Gasteiger partial charge in [-0.05, 0) is 19.1 Å². The van der Waals surface area contributed by atoms with Crippen LogP contribution in [0, 0.1) is 6.92 Å². The van der Waals surface area contributed by atoms with Crippen LogP contribution in [0.15, 0.2) is 41.3 Å². The van der Waals surface area contributed by atoms with Gasteiger partial charge in [0.05, 0.1) is 5.69 Å². The zero-order chi connectivity index (χ0) is 15.4.